The van der Waals surface area contributed by atoms with Gasteiger partial charge in [-0.3, -0.25) is 4.57 Å². The maximum Gasteiger partial charge on any atom is 0.297 e. The summed E-state index contributed by atoms with van der Waals surface area (Å²) in [5.74, 6) is 0. The van der Waals surface area contributed by atoms with Crippen LogP contribution in [0.15, 0.2) is 0 Å². The number of hydrogen-bond donors (Lipinski definition) is 0. The lowest BCUT2D eigenvalue weighted by atomic mass is 9.81. The molecule has 1 heterocycles. The first kappa shape index (κ1) is 14.4. The van der Waals surface area contributed by atoms with E-state index >= 15 is 0 Å². The smallest absolute Gasteiger partial charge is 0.297 e. The second kappa shape index (κ2) is 4.00. The van der Waals surface area contributed by atoms with Crippen molar-refractivity contribution in [2.45, 2.75) is 77.7 Å². The Morgan fingerprint density at radius 2 is 1.58 bits per heavy atom. The number of methoxy groups -OCH3 is 1. The van der Waals surface area contributed by atoms with Gasteiger partial charge >= 0.3 is 0 Å². The lowest BCUT2D eigenvalue weighted by Crippen LogP contribution is -2.28. The minimum absolute atomic E-state index is 0.0341. The molecule has 1 aliphatic carbocycles. The van der Waals surface area contributed by atoms with Crippen molar-refractivity contribution in [2.75, 3.05) is 7.11 Å². The third-order valence-electron chi connectivity index (χ3n) is 3.96. The number of rotatable bonds is 2. The Labute approximate surface area is 117 Å². The van der Waals surface area contributed by atoms with E-state index in [2.05, 4.69) is 53.0 Å². The Morgan fingerprint density at radius 3 is 1.89 bits per heavy atom. The predicted octanol–water partition coefficient (Wildman–Crippen LogP) is 4.00. The first-order valence-corrected chi connectivity index (χ1v) is 7.19. The van der Waals surface area contributed by atoms with Crippen LogP contribution in [0.3, 0.4) is 0 Å². The molecule has 1 fully saturated rings. The van der Waals surface area contributed by atoms with Gasteiger partial charge < -0.3 is 4.74 Å². The lowest BCUT2D eigenvalue weighted by molar-refractivity contribution is 0.322. The molecule has 0 unspecified atom stereocenters. The maximum absolute atomic E-state index is 5.58. The van der Waals surface area contributed by atoms with Gasteiger partial charge in [0.05, 0.1) is 18.5 Å². The molecule has 0 aliphatic heterocycles. The summed E-state index contributed by atoms with van der Waals surface area (Å²) in [6, 6.07) is 0.773. The summed E-state index contributed by atoms with van der Waals surface area (Å²) in [6.45, 7) is 15.8. The topological polar surface area (TPSA) is 27.1 Å². The zero-order valence-corrected chi connectivity index (χ0v) is 13.7. The molecular formula is C16H28N2O. The van der Waals surface area contributed by atoms with E-state index in [-0.39, 0.29) is 16.4 Å². The SMILES string of the molecule is COc1nc(C(C)(C)C)c(C(C)(C)C)n1C1(C)CC1. The third kappa shape index (κ3) is 2.39. The number of hydrogen-bond acceptors (Lipinski definition) is 2. The van der Waals surface area contributed by atoms with Crippen LogP contribution in [0.2, 0.25) is 0 Å². The molecule has 0 atom stereocenters. The Morgan fingerprint density at radius 1 is 1.05 bits per heavy atom. The van der Waals surface area contributed by atoms with Gasteiger partial charge in [-0.1, -0.05) is 41.5 Å². The summed E-state index contributed by atoms with van der Waals surface area (Å²) >= 11 is 0. The van der Waals surface area contributed by atoms with Crippen LogP contribution in [0.25, 0.3) is 0 Å². The van der Waals surface area contributed by atoms with Crippen molar-refractivity contribution in [2.24, 2.45) is 0 Å². The van der Waals surface area contributed by atoms with Gasteiger partial charge in [-0.25, -0.2) is 0 Å². The molecule has 1 aliphatic rings. The van der Waals surface area contributed by atoms with E-state index in [0.29, 0.717) is 0 Å². The Kier molecular flexibility index (Phi) is 3.04. The molecule has 0 aromatic carbocycles. The highest BCUT2D eigenvalue weighted by molar-refractivity contribution is 5.34. The molecule has 0 spiro atoms. The predicted molar refractivity (Wildman–Crippen MR) is 79.1 cm³/mol. The molecule has 108 valence electrons. The van der Waals surface area contributed by atoms with Crippen LogP contribution < -0.4 is 4.74 Å². The quantitative estimate of drug-likeness (QED) is 0.807. The summed E-state index contributed by atoms with van der Waals surface area (Å²) in [5, 5.41) is 0. The van der Waals surface area contributed by atoms with E-state index in [4.69, 9.17) is 9.72 Å². The molecule has 1 aromatic rings. The van der Waals surface area contributed by atoms with Gasteiger partial charge in [0.25, 0.3) is 6.01 Å². The number of aromatic nitrogens is 2. The molecule has 0 N–H and O–H groups in total. The first-order chi connectivity index (χ1) is 8.50. The largest absolute Gasteiger partial charge is 0.468 e. The van der Waals surface area contributed by atoms with Crippen LogP contribution in [-0.4, -0.2) is 16.7 Å². The molecule has 0 saturated heterocycles. The van der Waals surface area contributed by atoms with Crippen molar-refractivity contribution in [1.82, 2.24) is 9.55 Å². The minimum atomic E-state index is 0.0341. The Bertz CT molecular complexity index is 482. The monoisotopic (exact) mass is 264 g/mol. The van der Waals surface area contributed by atoms with Crippen LogP contribution in [0, 0.1) is 0 Å². The van der Waals surface area contributed by atoms with E-state index in [0.717, 1.165) is 6.01 Å². The van der Waals surface area contributed by atoms with Gasteiger partial charge in [0.2, 0.25) is 0 Å². The Hall–Kier alpha value is -0.990. The molecular weight excluding hydrogens is 236 g/mol. The van der Waals surface area contributed by atoms with E-state index in [1.54, 1.807) is 7.11 Å². The summed E-state index contributed by atoms with van der Waals surface area (Å²) < 4.78 is 7.93. The van der Waals surface area contributed by atoms with Crippen LogP contribution in [0.5, 0.6) is 6.01 Å². The molecule has 0 bridgehead atoms. The third-order valence-corrected chi connectivity index (χ3v) is 3.96. The zero-order chi connectivity index (χ0) is 14.6. The maximum atomic E-state index is 5.58. The van der Waals surface area contributed by atoms with Gasteiger partial charge in [0.15, 0.2) is 0 Å². The Balaban J connectivity index is 2.74. The van der Waals surface area contributed by atoms with E-state index < -0.39 is 0 Å². The zero-order valence-electron chi connectivity index (χ0n) is 13.7. The van der Waals surface area contributed by atoms with Crippen molar-refractivity contribution >= 4 is 0 Å². The van der Waals surface area contributed by atoms with Crippen molar-refractivity contribution in [3.63, 3.8) is 0 Å². The fourth-order valence-corrected chi connectivity index (χ4v) is 2.66. The number of ether oxygens (including phenoxy) is 1. The standard InChI is InChI=1S/C16H28N2O/c1-14(2,3)11-12(15(4,5)6)18(13(17-11)19-8)16(7)9-10-16/h9-10H2,1-8H3. The van der Waals surface area contributed by atoms with E-state index in [1.807, 2.05) is 0 Å². The highest BCUT2D eigenvalue weighted by atomic mass is 16.5. The molecule has 0 amide bonds. The van der Waals surface area contributed by atoms with E-state index in [1.165, 1.54) is 24.2 Å². The average Bonchev–Trinajstić information content (AvgIpc) is 2.83. The number of imidazole rings is 1. The summed E-state index contributed by atoms with van der Waals surface area (Å²) in [6.07, 6.45) is 2.43. The van der Waals surface area contributed by atoms with Gasteiger partial charge in [0.1, 0.15) is 0 Å². The fourth-order valence-electron chi connectivity index (χ4n) is 2.66. The molecule has 19 heavy (non-hydrogen) atoms. The van der Waals surface area contributed by atoms with Gasteiger partial charge in [-0.15, -0.1) is 0 Å². The number of nitrogens with zero attached hydrogens (tertiary/aromatic N) is 2. The van der Waals surface area contributed by atoms with Crippen molar-refractivity contribution in [3.8, 4) is 6.01 Å². The molecule has 1 aromatic heterocycles. The van der Waals surface area contributed by atoms with Crippen LogP contribution >= 0.6 is 0 Å². The second-order valence-electron chi connectivity index (χ2n) is 8.13. The summed E-state index contributed by atoms with van der Waals surface area (Å²) in [5.41, 5.74) is 2.80. The minimum Gasteiger partial charge on any atom is -0.468 e. The molecule has 0 radical (unpaired) electrons. The highest BCUT2D eigenvalue weighted by Crippen LogP contribution is 2.50. The molecule has 1 saturated carbocycles. The first-order valence-electron chi connectivity index (χ1n) is 7.19. The fraction of sp³-hybridized carbons (Fsp3) is 0.812. The van der Waals surface area contributed by atoms with Crippen molar-refractivity contribution < 1.29 is 4.74 Å². The molecule has 2 rings (SSSR count). The highest BCUT2D eigenvalue weighted by Gasteiger charge is 2.46. The second-order valence-corrected chi connectivity index (χ2v) is 8.13. The lowest BCUT2D eigenvalue weighted by Gasteiger charge is -2.29. The van der Waals surface area contributed by atoms with E-state index in [9.17, 15) is 0 Å². The van der Waals surface area contributed by atoms with Crippen molar-refractivity contribution in [1.29, 1.82) is 0 Å². The van der Waals surface area contributed by atoms with Gasteiger partial charge in [-0.2, -0.15) is 4.98 Å². The van der Waals surface area contributed by atoms with Crippen LogP contribution in [-0.2, 0) is 16.4 Å². The van der Waals surface area contributed by atoms with Crippen LogP contribution in [0.4, 0.5) is 0 Å². The van der Waals surface area contributed by atoms with Crippen molar-refractivity contribution in [3.05, 3.63) is 11.4 Å². The summed E-state index contributed by atoms with van der Waals surface area (Å²) in [7, 11) is 1.73. The molecule has 3 nitrogen and oxygen atoms in total. The average molecular weight is 264 g/mol. The normalized spacial score (nSPS) is 18.5. The summed E-state index contributed by atoms with van der Waals surface area (Å²) in [4.78, 5) is 4.81. The molecule has 3 heteroatoms. The van der Waals surface area contributed by atoms with Crippen LogP contribution in [0.1, 0.15) is 72.7 Å². The van der Waals surface area contributed by atoms with Gasteiger partial charge in [-0.05, 0) is 19.8 Å². The van der Waals surface area contributed by atoms with Gasteiger partial charge in [0, 0.05) is 16.4 Å².